The molecule has 1 heterocycles. The van der Waals surface area contributed by atoms with Crippen molar-refractivity contribution in [2.45, 2.75) is 40.2 Å². The molecule has 1 aliphatic rings. The fourth-order valence-corrected chi connectivity index (χ4v) is 2.71. The molecule has 0 amide bonds. The second-order valence-electron chi connectivity index (χ2n) is 5.75. The Morgan fingerprint density at radius 1 is 1.39 bits per heavy atom. The molecule has 1 aromatic rings. The number of likely N-dealkylation sites (tertiary alicyclic amines) is 1. The summed E-state index contributed by atoms with van der Waals surface area (Å²) in [6, 6.07) is 6.14. The van der Waals surface area contributed by atoms with Crippen LogP contribution in [0.15, 0.2) is 18.2 Å². The highest BCUT2D eigenvalue weighted by Crippen LogP contribution is 2.21. The molecule has 98 valence electrons. The summed E-state index contributed by atoms with van der Waals surface area (Å²) in [5.74, 6) is 0.990. The maximum Gasteiger partial charge on any atom is 0.179 e. The van der Waals surface area contributed by atoms with Crippen LogP contribution in [0.25, 0.3) is 0 Å². The topological polar surface area (TPSA) is 20.3 Å². The van der Waals surface area contributed by atoms with Gasteiger partial charge < -0.3 is 0 Å². The van der Waals surface area contributed by atoms with E-state index in [1.807, 2.05) is 32.9 Å². The molecular weight excluding hydrogens is 222 g/mol. The van der Waals surface area contributed by atoms with E-state index in [4.69, 9.17) is 0 Å². The molecule has 0 bridgehead atoms. The molecule has 0 spiro atoms. The highest BCUT2D eigenvalue weighted by molar-refractivity contribution is 6.01. The highest BCUT2D eigenvalue weighted by Gasteiger charge is 2.28. The number of ketones is 1. The second-order valence-corrected chi connectivity index (χ2v) is 5.75. The number of hydrogen-bond donors (Lipinski definition) is 0. The molecule has 0 saturated carbocycles. The number of benzene rings is 1. The van der Waals surface area contributed by atoms with E-state index in [1.54, 1.807) is 0 Å². The van der Waals surface area contributed by atoms with Gasteiger partial charge in [0.25, 0.3) is 0 Å². The molecule has 18 heavy (non-hydrogen) atoms. The SMILES string of the molecule is Cc1ccc(C)c(C(=O)C(C)N2CCC(C)C2)c1. The van der Waals surface area contributed by atoms with Crippen LogP contribution in [0.2, 0.25) is 0 Å². The first kappa shape index (κ1) is 13.3. The van der Waals surface area contributed by atoms with E-state index in [9.17, 15) is 4.79 Å². The molecule has 1 aliphatic heterocycles. The van der Waals surface area contributed by atoms with Gasteiger partial charge in [-0.1, -0.05) is 24.6 Å². The number of carbonyl (C=O) groups excluding carboxylic acids is 1. The molecule has 2 unspecified atom stereocenters. The lowest BCUT2D eigenvalue weighted by molar-refractivity contribution is 0.0863. The molecule has 1 aromatic carbocycles. The molecule has 2 rings (SSSR count). The number of hydrogen-bond acceptors (Lipinski definition) is 2. The van der Waals surface area contributed by atoms with Crippen molar-refractivity contribution in [3.63, 3.8) is 0 Å². The third-order valence-electron chi connectivity index (χ3n) is 4.04. The van der Waals surface area contributed by atoms with Gasteiger partial charge in [0.2, 0.25) is 0 Å². The maximum absolute atomic E-state index is 12.6. The van der Waals surface area contributed by atoms with Crippen LogP contribution >= 0.6 is 0 Å². The minimum absolute atomic E-state index is 0.00968. The van der Waals surface area contributed by atoms with Crippen LogP contribution in [0.1, 0.15) is 41.8 Å². The predicted octanol–water partition coefficient (Wildman–Crippen LogP) is 3.22. The summed E-state index contributed by atoms with van der Waals surface area (Å²) >= 11 is 0. The van der Waals surface area contributed by atoms with Crippen LogP contribution in [0.4, 0.5) is 0 Å². The number of Topliss-reactive ketones (excluding diaryl/α,β-unsaturated/α-hetero) is 1. The molecule has 0 aliphatic carbocycles. The lowest BCUT2D eigenvalue weighted by atomic mass is 9.98. The summed E-state index contributed by atoms with van der Waals surface area (Å²) in [6.45, 7) is 10.5. The maximum atomic E-state index is 12.6. The Balaban J connectivity index is 2.17. The van der Waals surface area contributed by atoms with Gasteiger partial charge in [-0.3, -0.25) is 9.69 Å². The van der Waals surface area contributed by atoms with E-state index < -0.39 is 0 Å². The van der Waals surface area contributed by atoms with E-state index in [2.05, 4.69) is 17.9 Å². The van der Waals surface area contributed by atoms with E-state index in [1.165, 1.54) is 6.42 Å². The van der Waals surface area contributed by atoms with Crippen molar-refractivity contribution in [3.05, 3.63) is 34.9 Å². The van der Waals surface area contributed by atoms with E-state index in [0.717, 1.165) is 35.7 Å². The molecule has 2 nitrogen and oxygen atoms in total. The van der Waals surface area contributed by atoms with Crippen molar-refractivity contribution in [2.75, 3.05) is 13.1 Å². The summed E-state index contributed by atoms with van der Waals surface area (Å²) in [5, 5.41) is 0. The van der Waals surface area contributed by atoms with Gasteiger partial charge in [-0.05, 0) is 51.3 Å². The summed E-state index contributed by atoms with van der Waals surface area (Å²) < 4.78 is 0. The Kier molecular flexibility index (Phi) is 3.86. The van der Waals surface area contributed by atoms with E-state index >= 15 is 0 Å². The first-order chi connectivity index (χ1) is 8.49. The van der Waals surface area contributed by atoms with Crippen LogP contribution in [-0.4, -0.2) is 29.8 Å². The van der Waals surface area contributed by atoms with Gasteiger partial charge in [0.1, 0.15) is 0 Å². The van der Waals surface area contributed by atoms with Gasteiger partial charge in [-0.25, -0.2) is 0 Å². The van der Waals surface area contributed by atoms with Crippen LogP contribution in [0.5, 0.6) is 0 Å². The minimum atomic E-state index is 0.00968. The van der Waals surface area contributed by atoms with Crippen molar-refractivity contribution in [1.29, 1.82) is 0 Å². The molecule has 2 atom stereocenters. The standard InChI is InChI=1S/C16H23NO/c1-11-5-6-13(3)15(9-11)16(18)14(4)17-8-7-12(2)10-17/h5-6,9,12,14H,7-8,10H2,1-4H3. The third-order valence-corrected chi connectivity index (χ3v) is 4.04. The Bertz CT molecular complexity index is 452. The van der Waals surface area contributed by atoms with Crippen molar-refractivity contribution in [1.82, 2.24) is 4.90 Å². The zero-order valence-corrected chi connectivity index (χ0v) is 11.9. The average Bonchev–Trinajstić information content (AvgIpc) is 2.77. The Morgan fingerprint density at radius 2 is 2.11 bits per heavy atom. The van der Waals surface area contributed by atoms with E-state index in [0.29, 0.717) is 0 Å². The fraction of sp³-hybridized carbons (Fsp3) is 0.562. The molecular formula is C16H23NO. The lowest BCUT2D eigenvalue weighted by Crippen LogP contribution is -2.37. The third kappa shape index (κ3) is 2.64. The summed E-state index contributed by atoms with van der Waals surface area (Å²) in [7, 11) is 0. The van der Waals surface area contributed by atoms with Gasteiger partial charge in [-0.2, -0.15) is 0 Å². The van der Waals surface area contributed by atoms with Crippen molar-refractivity contribution >= 4 is 5.78 Å². The first-order valence-electron chi connectivity index (χ1n) is 6.84. The van der Waals surface area contributed by atoms with Crippen LogP contribution in [0, 0.1) is 19.8 Å². The Hall–Kier alpha value is -1.15. The highest BCUT2D eigenvalue weighted by atomic mass is 16.1. The molecule has 2 heteroatoms. The fourth-order valence-electron chi connectivity index (χ4n) is 2.71. The number of aryl methyl sites for hydroxylation is 2. The zero-order valence-electron chi connectivity index (χ0n) is 11.9. The molecule has 1 fully saturated rings. The molecule has 0 N–H and O–H groups in total. The minimum Gasteiger partial charge on any atom is -0.293 e. The molecule has 0 aromatic heterocycles. The summed E-state index contributed by atoms with van der Waals surface area (Å²) in [4.78, 5) is 14.9. The quantitative estimate of drug-likeness (QED) is 0.762. The van der Waals surface area contributed by atoms with Gasteiger partial charge in [-0.15, -0.1) is 0 Å². The largest absolute Gasteiger partial charge is 0.293 e. The van der Waals surface area contributed by atoms with Crippen LogP contribution in [0.3, 0.4) is 0 Å². The van der Waals surface area contributed by atoms with Gasteiger partial charge >= 0.3 is 0 Å². The van der Waals surface area contributed by atoms with Gasteiger partial charge in [0, 0.05) is 12.1 Å². The number of rotatable bonds is 3. The van der Waals surface area contributed by atoms with E-state index in [-0.39, 0.29) is 11.8 Å². The summed E-state index contributed by atoms with van der Waals surface area (Å²) in [5.41, 5.74) is 3.14. The summed E-state index contributed by atoms with van der Waals surface area (Å²) in [6.07, 6.45) is 1.21. The smallest absolute Gasteiger partial charge is 0.179 e. The van der Waals surface area contributed by atoms with Crippen molar-refractivity contribution < 1.29 is 4.79 Å². The zero-order chi connectivity index (χ0) is 13.3. The Labute approximate surface area is 110 Å². The predicted molar refractivity (Wildman–Crippen MR) is 75.1 cm³/mol. The molecule has 1 saturated heterocycles. The van der Waals surface area contributed by atoms with Crippen LogP contribution < -0.4 is 0 Å². The van der Waals surface area contributed by atoms with Crippen LogP contribution in [-0.2, 0) is 0 Å². The van der Waals surface area contributed by atoms with Gasteiger partial charge in [0.15, 0.2) is 5.78 Å². The lowest BCUT2D eigenvalue weighted by Gasteiger charge is -2.23. The monoisotopic (exact) mass is 245 g/mol. The second kappa shape index (κ2) is 5.23. The molecule has 0 radical (unpaired) electrons. The Morgan fingerprint density at radius 3 is 2.72 bits per heavy atom. The van der Waals surface area contributed by atoms with Crippen molar-refractivity contribution in [2.24, 2.45) is 5.92 Å². The number of carbonyl (C=O) groups is 1. The average molecular weight is 245 g/mol. The van der Waals surface area contributed by atoms with Crippen molar-refractivity contribution in [3.8, 4) is 0 Å². The number of nitrogens with zero attached hydrogens (tertiary/aromatic N) is 1. The first-order valence-corrected chi connectivity index (χ1v) is 6.84. The normalized spacial score (nSPS) is 22.1. The van der Waals surface area contributed by atoms with Gasteiger partial charge in [0.05, 0.1) is 6.04 Å².